The number of carboxylic acids is 1. The van der Waals surface area contributed by atoms with Gasteiger partial charge < -0.3 is 10.0 Å². The van der Waals surface area contributed by atoms with Crippen molar-refractivity contribution in [2.75, 3.05) is 26.2 Å². The Kier molecular flexibility index (Phi) is 5.42. The molecule has 0 spiro atoms. The first-order chi connectivity index (χ1) is 12.0. The fourth-order valence-corrected chi connectivity index (χ4v) is 4.11. The quantitative estimate of drug-likeness (QED) is 0.912. The molecule has 1 amide bonds. The lowest BCUT2D eigenvalue weighted by atomic mass is 9.97. The number of benzene rings is 1. The summed E-state index contributed by atoms with van der Waals surface area (Å²) in [5.41, 5.74) is 1.58. The SMILES string of the molecule is CC(C)C(=O)N1CCC(N2CC[C@H](c3ccc(C(=O)O)cc3)C2)CC1. The summed E-state index contributed by atoms with van der Waals surface area (Å²) >= 11 is 0. The van der Waals surface area contributed by atoms with Gasteiger partial charge in [-0.3, -0.25) is 9.69 Å². The Morgan fingerprint density at radius 1 is 1.04 bits per heavy atom. The topological polar surface area (TPSA) is 60.9 Å². The van der Waals surface area contributed by atoms with Crippen LogP contribution in [0.25, 0.3) is 0 Å². The van der Waals surface area contributed by atoms with E-state index in [1.165, 1.54) is 5.56 Å². The van der Waals surface area contributed by atoms with Gasteiger partial charge in [0.15, 0.2) is 0 Å². The van der Waals surface area contributed by atoms with Crippen molar-refractivity contribution in [3.05, 3.63) is 35.4 Å². The second-order valence-corrected chi connectivity index (χ2v) is 7.62. The Balaban J connectivity index is 1.53. The van der Waals surface area contributed by atoms with Crippen molar-refractivity contribution in [1.82, 2.24) is 9.80 Å². The number of carboxylic acid groups (broad SMARTS) is 1. The van der Waals surface area contributed by atoms with Gasteiger partial charge in [-0.2, -0.15) is 0 Å². The van der Waals surface area contributed by atoms with Gasteiger partial charge in [-0.05, 0) is 49.4 Å². The van der Waals surface area contributed by atoms with E-state index in [0.717, 1.165) is 45.4 Å². The number of aromatic carboxylic acids is 1. The molecule has 1 aromatic carbocycles. The van der Waals surface area contributed by atoms with Crippen LogP contribution < -0.4 is 0 Å². The lowest BCUT2D eigenvalue weighted by molar-refractivity contribution is -0.136. The molecular weight excluding hydrogens is 316 g/mol. The van der Waals surface area contributed by atoms with E-state index >= 15 is 0 Å². The summed E-state index contributed by atoms with van der Waals surface area (Å²) in [6.07, 6.45) is 3.24. The van der Waals surface area contributed by atoms with E-state index in [1.807, 2.05) is 30.9 Å². The fourth-order valence-electron chi connectivity index (χ4n) is 4.11. The predicted octanol–water partition coefficient (Wildman–Crippen LogP) is 2.82. The van der Waals surface area contributed by atoms with Crippen LogP contribution in [-0.4, -0.2) is 59.0 Å². The fraction of sp³-hybridized carbons (Fsp3) is 0.600. The van der Waals surface area contributed by atoms with E-state index in [2.05, 4.69) is 4.90 Å². The summed E-state index contributed by atoms with van der Waals surface area (Å²) in [4.78, 5) is 27.7. The highest BCUT2D eigenvalue weighted by molar-refractivity contribution is 5.87. The van der Waals surface area contributed by atoms with Gasteiger partial charge in [0.05, 0.1) is 5.56 Å². The van der Waals surface area contributed by atoms with E-state index in [-0.39, 0.29) is 11.8 Å². The number of carbonyl (C=O) groups is 2. The lowest BCUT2D eigenvalue weighted by Crippen LogP contribution is -2.47. The third kappa shape index (κ3) is 4.03. The average molecular weight is 344 g/mol. The molecule has 2 fully saturated rings. The number of nitrogens with zero attached hydrogens (tertiary/aromatic N) is 2. The van der Waals surface area contributed by atoms with Gasteiger partial charge >= 0.3 is 5.97 Å². The van der Waals surface area contributed by atoms with Crippen LogP contribution in [0.5, 0.6) is 0 Å². The first kappa shape index (κ1) is 17.9. The molecule has 0 radical (unpaired) electrons. The van der Waals surface area contributed by atoms with Crippen LogP contribution in [0.15, 0.2) is 24.3 Å². The molecule has 0 aliphatic carbocycles. The normalized spacial score (nSPS) is 22.5. The van der Waals surface area contributed by atoms with E-state index < -0.39 is 5.97 Å². The smallest absolute Gasteiger partial charge is 0.335 e. The summed E-state index contributed by atoms with van der Waals surface area (Å²) in [7, 11) is 0. The Bertz CT molecular complexity index is 618. The largest absolute Gasteiger partial charge is 0.478 e. The van der Waals surface area contributed by atoms with Crippen LogP contribution in [0.1, 0.15) is 54.9 Å². The first-order valence-electron chi connectivity index (χ1n) is 9.31. The molecule has 2 heterocycles. The molecule has 1 atom stereocenters. The number of hydrogen-bond donors (Lipinski definition) is 1. The third-order valence-corrected chi connectivity index (χ3v) is 5.64. The van der Waals surface area contributed by atoms with Crippen molar-refractivity contribution >= 4 is 11.9 Å². The van der Waals surface area contributed by atoms with Gasteiger partial charge in [-0.25, -0.2) is 4.79 Å². The number of likely N-dealkylation sites (tertiary alicyclic amines) is 2. The van der Waals surface area contributed by atoms with Crippen molar-refractivity contribution < 1.29 is 14.7 Å². The van der Waals surface area contributed by atoms with Gasteiger partial charge in [0, 0.05) is 31.6 Å². The number of hydrogen-bond acceptors (Lipinski definition) is 3. The van der Waals surface area contributed by atoms with Crippen LogP contribution in [0, 0.1) is 5.92 Å². The summed E-state index contributed by atoms with van der Waals surface area (Å²) < 4.78 is 0. The van der Waals surface area contributed by atoms with Crippen molar-refractivity contribution in [3.8, 4) is 0 Å². The molecule has 2 saturated heterocycles. The number of carbonyl (C=O) groups excluding carboxylic acids is 1. The highest BCUT2D eigenvalue weighted by Crippen LogP contribution is 2.31. The zero-order valence-electron chi connectivity index (χ0n) is 15.1. The van der Waals surface area contributed by atoms with E-state index in [0.29, 0.717) is 17.5 Å². The van der Waals surface area contributed by atoms with Gasteiger partial charge in [0.2, 0.25) is 5.91 Å². The molecule has 2 aliphatic heterocycles. The average Bonchev–Trinajstić information content (AvgIpc) is 3.11. The number of piperidine rings is 1. The lowest BCUT2D eigenvalue weighted by Gasteiger charge is -2.37. The summed E-state index contributed by atoms with van der Waals surface area (Å²) in [5, 5.41) is 9.01. The molecule has 1 N–H and O–H groups in total. The monoisotopic (exact) mass is 344 g/mol. The van der Waals surface area contributed by atoms with E-state index in [9.17, 15) is 9.59 Å². The molecular formula is C20H28N2O3. The zero-order valence-corrected chi connectivity index (χ0v) is 15.1. The Morgan fingerprint density at radius 2 is 1.68 bits per heavy atom. The van der Waals surface area contributed by atoms with Gasteiger partial charge in [-0.15, -0.1) is 0 Å². The highest BCUT2D eigenvalue weighted by atomic mass is 16.4. The minimum absolute atomic E-state index is 0.0847. The third-order valence-electron chi connectivity index (χ3n) is 5.64. The summed E-state index contributed by atoms with van der Waals surface area (Å²) in [5.74, 6) is -0.0294. The summed E-state index contributed by atoms with van der Waals surface area (Å²) in [6, 6.07) is 7.90. The highest BCUT2D eigenvalue weighted by Gasteiger charge is 2.32. The van der Waals surface area contributed by atoms with Crippen molar-refractivity contribution in [2.45, 2.75) is 45.1 Å². The van der Waals surface area contributed by atoms with Gasteiger partial charge in [-0.1, -0.05) is 26.0 Å². The molecule has 2 aliphatic rings. The Labute approximate surface area is 149 Å². The van der Waals surface area contributed by atoms with Crippen molar-refractivity contribution in [3.63, 3.8) is 0 Å². The standard InChI is InChI=1S/C20H28N2O3/c1-14(2)19(23)21-11-8-18(9-12-21)22-10-7-17(13-22)15-3-5-16(6-4-15)20(24)25/h3-6,14,17-18H,7-13H2,1-2H3,(H,24,25)/t17-/m0/s1. The molecule has 136 valence electrons. The predicted molar refractivity (Wildman–Crippen MR) is 96.8 cm³/mol. The van der Waals surface area contributed by atoms with Crippen LogP contribution in [0.2, 0.25) is 0 Å². The number of amides is 1. The molecule has 0 bridgehead atoms. The van der Waals surface area contributed by atoms with Crippen LogP contribution in [0.3, 0.4) is 0 Å². The second-order valence-electron chi connectivity index (χ2n) is 7.62. The maximum absolute atomic E-state index is 12.1. The van der Waals surface area contributed by atoms with Crippen molar-refractivity contribution in [2.24, 2.45) is 5.92 Å². The van der Waals surface area contributed by atoms with Crippen molar-refractivity contribution in [1.29, 1.82) is 0 Å². The maximum Gasteiger partial charge on any atom is 0.335 e. The molecule has 25 heavy (non-hydrogen) atoms. The number of rotatable bonds is 4. The molecule has 0 saturated carbocycles. The summed E-state index contributed by atoms with van der Waals surface area (Å²) in [6.45, 7) is 7.81. The van der Waals surface area contributed by atoms with Crippen LogP contribution >= 0.6 is 0 Å². The minimum Gasteiger partial charge on any atom is -0.478 e. The maximum atomic E-state index is 12.1. The zero-order chi connectivity index (χ0) is 18.0. The van der Waals surface area contributed by atoms with Gasteiger partial charge in [0.25, 0.3) is 0 Å². The van der Waals surface area contributed by atoms with Crippen LogP contribution in [-0.2, 0) is 4.79 Å². The molecule has 5 heteroatoms. The molecule has 3 rings (SSSR count). The second kappa shape index (κ2) is 7.56. The molecule has 0 aromatic heterocycles. The Morgan fingerprint density at radius 3 is 2.24 bits per heavy atom. The first-order valence-corrected chi connectivity index (χ1v) is 9.31. The molecule has 0 unspecified atom stereocenters. The molecule has 1 aromatic rings. The van der Waals surface area contributed by atoms with Gasteiger partial charge in [0.1, 0.15) is 0 Å². The minimum atomic E-state index is -0.873. The Hall–Kier alpha value is -1.88. The van der Waals surface area contributed by atoms with Crippen LogP contribution in [0.4, 0.5) is 0 Å². The molecule has 5 nitrogen and oxygen atoms in total. The van der Waals surface area contributed by atoms with E-state index in [1.54, 1.807) is 12.1 Å². The van der Waals surface area contributed by atoms with E-state index in [4.69, 9.17) is 5.11 Å².